The minimum atomic E-state index is -1.30. The van der Waals surface area contributed by atoms with Crippen molar-refractivity contribution >= 4 is 11.9 Å². The molecule has 2 saturated heterocycles. The highest BCUT2D eigenvalue weighted by molar-refractivity contribution is 6.01. The van der Waals surface area contributed by atoms with Crippen LogP contribution >= 0.6 is 0 Å². The van der Waals surface area contributed by atoms with E-state index in [1.165, 1.54) is 0 Å². The van der Waals surface area contributed by atoms with E-state index in [0.717, 1.165) is 6.42 Å². The van der Waals surface area contributed by atoms with Gasteiger partial charge in [-0.05, 0) is 26.2 Å². The highest BCUT2D eigenvalue weighted by Crippen LogP contribution is 2.52. The smallest absolute Gasteiger partial charge is 0.339 e. The lowest BCUT2D eigenvalue weighted by molar-refractivity contribution is -0.238. The van der Waals surface area contributed by atoms with Crippen LogP contribution in [-0.4, -0.2) is 34.2 Å². The number of rotatable bonds is 6. The van der Waals surface area contributed by atoms with Crippen molar-refractivity contribution in [3.63, 3.8) is 0 Å². The van der Waals surface area contributed by atoms with Gasteiger partial charge < -0.3 is 15.2 Å². The number of fused-ring (bicyclic) bond motifs is 1. The molecule has 5 heteroatoms. The van der Waals surface area contributed by atoms with E-state index in [1.807, 2.05) is 32.9 Å². The molecule has 2 fully saturated rings. The van der Waals surface area contributed by atoms with Crippen LogP contribution in [0, 0.1) is 11.8 Å². The number of esters is 1. The van der Waals surface area contributed by atoms with Crippen molar-refractivity contribution in [1.29, 1.82) is 0 Å². The highest BCUT2D eigenvalue weighted by atomic mass is 16.6. The van der Waals surface area contributed by atoms with Crippen LogP contribution in [0.15, 0.2) is 12.2 Å². The third kappa shape index (κ3) is 1.94. The van der Waals surface area contributed by atoms with E-state index in [9.17, 15) is 14.7 Å². The van der Waals surface area contributed by atoms with E-state index >= 15 is 0 Å². The topological polar surface area (TPSA) is 75.6 Å². The molecular formula is C16H25NO4. The van der Waals surface area contributed by atoms with Gasteiger partial charge in [0.05, 0.1) is 12.0 Å². The SMILES string of the molecule is CC/C=C\[C@H](CC)[C@H](O)[C@@]12NC(=O)[C@H](CC)[C@]1(C)OC2=O. The zero-order chi connectivity index (χ0) is 15.8. The summed E-state index contributed by atoms with van der Waals surface area (Å²) < 4.78 is 5.34. The standard InChI is InChI=1S/C16H25NO4/c1-5-8-9-10(6-2)12(18)16-14(20)21-15(16,4)11(7-3)13(19)17-16/h8-12,18H,5-7H2,1-4H3,(H,17,19)/b9-8-/t10-,11-,12-,15-,16-/m0/s1. The quantitative estimate of drug-likeness (QED) is 0.576. The number of aliphatic hydroxyl groups is 1. The molecule has 0 radical (unpaired) electrons. The summed E-state index contributed by atoms with van der Waals surface area (Å²) in [5.41, 5.74) is -2.26. The molecule has 0 aromatic heterocycles. The molecule has 118 valence electrons. The number of amides is 1. The van der Waals surface area contributed by atoms with Gasteiger partial charge in [0.2, 0.25) is 11.4 Å². The summed E-state index contributed by atoms with van der Waals surface area (Å²) in [5.74, 6) is -1.32. The first-order valence-corrected chi connectivity index (χ1v) is 7.79. The molecule has 0 bridgehead atoms. The summed E-state index contributed by atoms with van der Waals surface area (Å²) in [5, 5.41) is 13.6. The third-order valence-electron chi connectivity index (χ3n) is 5.06. The van der Waals surface area contributed by atoms with Crippen LogP contribution in [0.1, 0.15) is 47.0 Å². The molecule has 2 heterocycles. The summed E-state index contributed by atoms with van der Waals surface area (Å²) in [6.45, 7) is 7.61. The average Bonchev–Trinajstić information content (AvgIpc) is 2.62. The Bertz CT molecular complexity index is 475. The zero-order valence-corrected chi connectivity index (χ0v) is 13.2. The average molecular weight is 295 g/mol. The van der Waals surface area contributed by atoms with Gasteiger partial charge in [0.15, 0.2) is 5.60 Å². The Morgan fingerprint density at radius 2 is 2.05 bits per heavy atom. The van der Waals surface area contributed by atoms with Crippen molar-refractivity contribution in [2.45, 2.75) is 64.2 Å². The van der Waals surface area contributed by atoms with Gasteiger partial charge in [-0.3, -0.25) is 4.79 Å². The lowest BCUT2D eigenvalue weighted by Crippen LogP contribution is -2.80. The first-order chi connectivity index (χ1) is 9.88. The summed E-state index contributed by atoms with van der Waals surface area (Å²) in [6.07, 6.45) is 5.06. The molecule has 0 unspecified atom stereocenters. The molecule has 1 amide bonds. The zero-order valence-electron chi connectivity index (χ0n) is 13.2. The predicted octanol–water partition coefficient (Wildman–Crippen LogP) is 1.55. The highest BCUT2D eigenvalue weighted by Gasteiger charge is 2.79. The number of carbonyl (C=O) groups is 2. The van der Waals surface area contributed by atoms with Crippen molar-refractivity contribution in [2.24, 2.45) is 11.8 Å². The van der Waals surface area contributed by atoms with Gasteiger partial charge in [0, 0.05) is 5.92 Å². The first kappa shape index (κ1) is 16.0. The van der Waals surface area contributed by atoms with Crippen molar-refractivity contribution in [1.82, 2.24) is 5.32 Å². The molecule has 0 aromatic carbocycles. The Labute approximate surface area is 125 Å². The number of hydrogen-bond acceptors (Lipinski definition) is 4. The summed E-state index contributed by atoms with van der Waals surface area (Å²) >= 11 is 0. The Morgan fingerprint density at radius 1 is 1.38 bits per heavy atom. The van der Waals surface area contributed by atoms with Crippen LogP contribution in [0.5, 0.6) is 0 Å². The monoisotopic (exact) mass is 295 g/mol. The maximum Gasteiger partial charge on any atom is 0.339 e. The minimum Gasteiger partial charge on any atom is -0.453 e. The summed E-state index contributed by atoms with van der Waals surface area (Å²) in [4.78, 5) is 24.3. The Morgan fingerprint density at radius 3 is 2.52 bits per heavy atom. The Hall–Kier alpha value is -1.36. The lowest BCUT2D eigenvalue weighted by atomic mass is 9.65. The van der Waals surface area contributed by atoms with Crippen molar-refractivity contribution in [3.8, 4) is 0 Å². The van der Waals surface area contributed by atoms with E-state index in [0.29, 0.717) is 12.8 Å². The number of hydrogen-bond donors (Lipinski definition) is 2. The maximum atomic E-state index is 12.2. The number of aliphatic hydroxyl groups excluding tert-OH is 1. The molecule has 2 rings (SSSR count). The Balaban J connectivity index is 2.37. The lowest BCUT2D eigenvalue weighted by Gasteiger charge is -2.54. The van der Waals surface area contributed by atoms with Gasteiger partial charge in [-0.15, -0.1) is 0 Å². The molecule has 21 heavy (non-hydrogen) atoms. The van der Waals surface area contributed by atoms with Gasteiger partial charge in [-0.2, -0.15) is 0 Å². The maximum absolute atomic E-state index is 12.2. The fourth-order valence-corrected chi connectivity index (χ4v) is 3.72. The number of ether oxygens (including phenoxy) is 1. The molecule has 0 saturated carbocycles. The molecule has 2 N–H and O–H groups in total. The molecule has 0 aromatic rings. The van der Waals surface area contributed by atoms with Crippen LogP contribution in [0.3, 0.4) is 0 Å². The fourth-order valence-electron chi connectivity index (χ4n) is 3.72. The molecule has 5 atom stereocenters. The molecule has 2 aliphatic heterocycles. The number of nitrogens with one attached hydrogen (secondary N) is 1. The normalized spacial score (nSPS) is 37.7. The predicted molar refractivity (Wildman–Crippen MR) is 78.4 cm³/mol. The van der Waals surface area contributed by atoms with Crippen LogP contribution < -0.4 is 5.32 Å². The van der Waals surface area contributed by atoms with E-state index in [1.54, 1.807) is 6.92 Å². The van der Waals surface area contributed by atoms with Gasteiger partial charge >= 0.3 is 5.97 Å². The second kappa shape index (κ2) is 5.44. The van der Waals surface area contributed by atoms with E-state index in [-0.39, 0.29) is 11.8 Å². The first-order valence-electron chi connectivity index (χ1n) is 7.79. The minimum absolute atomic E-state index is 0.187. The largest absolute Gasteiger partial charge is 0.453 e. The van der Waals surface area contributed by atoms with E-state index < -0.39 is 29.1 Å². The molecule has 0 aliphatic carbocycles. The van der Waals surface area contributed by atoms with Gasteiger partial charge in [-0.25, -0.2) is 4.79 Å². The molecule has 0 spiro atoms. The van der Waals surface area contributed by atoms with Crippen molar-refractivity contribution in [2.75, 3.05) is 0 Å². The van der Waals surface area contributed by atoms with E-state index in [4.69, 9.17) is 4.74 Å². The van der Waals surface area contributed by atoms with Gasteiger partial charge in [-0.1, -0.05) is 32.9 Å². The number of allylic oxidation sites excluding steroid dienone is 1. The summed E-state index contributed by atoms with van der Waals surface area (Å²) in [6, 6.07) is 0. The second-order valence-electron chi connectivity index (χ2n) is 6.11. The van der Waals surface area contributed by atoms with E-state index in [2.05, 4.69) is 5.32 Å². The second-order valence-corrected chi connectivity index (χ2v) is 6.11. The van der Waals surface area contributed by atoms with Crippen LogP contribution in [0.25, 0.3) is 0 Å². The van der Waals surface area contributed by atoms with Crippen LogP contribution in [0.2, 0.25) is 0 Å². The molecule has 2 aliphatic rings. The van der Waals surface area contributed by atoms with Gasteiger partial charge in [0.25, 0.3) is 0 Å². The van der Waals surface area contributed by atoms with Gasteiger partial charge in [0.1, 0.15) is 0 Å². The third-order valence-corrected chi connectivity index (χ3v) is 5.06. The molecule has 5 nitrogen and oxygen atoms in total. The van der Waals surface area contributed by atoms with Crippen LogP contribution in [0.4, 0.5) is 0 Å². The fraction of sp³-hybridized carbons (Fsp3) is 0.750. The summed E-state index contributed by atoms with van der Waals surface area (Å²) in [7, 11) is 0. The molecular weight excluding hydrogens is 270 g/mol. The van der Waals surface area contributed by atoms with Crippen molar-refractivity contribution in [3.05, 3.63) is 12.2 Å². The number of carbonyl (C=O) groups excluding carboxylic acids is 2. The van der Waals surface area contributed by atoms with Crippen molar-refractivity contribution < 1.29 is 19.4 Å². The van der Waals surface area contributed by atoms with Crippen LogP contribution in [-0.2, 0) is 14.3 Å². The Kier molecular flexibility index (Phi) is 4.15.